The Bertz CT molecular complexity index is 900. The van der Waals surface area contributed by atoms with E-state index in [1.165, 1.54) is 30.5 Å². The van der Waals surface area contributed by atoms with Crippen LogP contribution in [0.5, 0.6) is 5.75 Å². The van der Waals surface area contributed by atoms with Crippen molar-refractivity contribution in [2.75, 3.05) is 6.61 Å². The smallest absolute Gasteiger partial charge is 0.262 e. The highest BCUT2D eigenvalue weighted by Crippen LogP contribution is 2.11. The molecule has 0 aliphatic carbocycles. The summed E-state index contributed by atoms with van der Waals surface area (Å²) in [5.41, 5.74) is 3.43. The molecule has 0 heterocycles. The zero-order valence-electron chi connectivity index (χ0n) is 16.2. The third-order valence-corrected chi connectivity index (χ3v) is 3.93. The van der Waals surface area contributed by atoms with E-state index in [1.54, 1.807) is 38.1 Å². The van der Waals surface area contributed by atoms with Gasteiger partial charge in [0.05, 0.1) is 6.21 Å². The molecular weight excluding hydrogens is 373 g/mol. The number of rotatable bonds is 8. The van der Waals surface area contributed by atoms with Crippen LogP contribution in [0.15, 0.2) is 53.6 Å². The van der Waals surface area contributed by atoms with E-state index in [9.17, 15) is 14.0 Å². The number of carbonyl (C=O) groups excluding carboxylic acids is 2. The first-order valence-corrected chi connectivity index (χ1v) is 8.96. The second-order valence-corrected chi connectivity index (χ2v) is 6.50. The van der Waals surface area contributed by atoms with Crippen LogP contribution >= 0.6 is 0 Å². The summed E-state index contributed by atoms with van der Waals surface area (Å²) in [5.74, 6) is 1.47. The molecule has 150 valence electrons. The Morgan fingerprint density at radius 2 is 1.83 bits per heavy atom. The van der Waals surface area contributed by atoms with Crippen LogP contribution in [-0.2, 0) is 4.79 Å². The number of nitrogens with one attached hydrogen (secondary N) is 2. The van der Waals surface area contributed by atoms with Gasteiger partial charge in [-0.25, -0.2) is 9.82 Å². The summed E-state index contributed by atoms with van der Waals surface area (Å²) in [6.45, 7) is 3.78. The fourth-order valence-electron chi connectivity index (χ4n) is 2.38. The number of benzene rings is 2. The van der Waals surface area contributed by atoms with Crippen LogP contribution in [-0.4, -0.2) is 30.7 Å². The lowest BCUT2D eigenvalue weighted by Crippen LogP contribution is -2.48. The van der Waals surface area contributed by atoms with Crippen molar-refractivity contribution < 1.29 is 18.7 Å². The molecule has 0 aliphatic heterocycles. The first kappa shape index (κ1) is 21.6. The fourth-order valence-corrected chi connectivity index (χ4v) is 2.38. The number of hydrogen-bond donors (Lipinski definition) is 2. The lowest BCUT2D eigenvalue weighted by Gasteiger charge is -2.20. The number of nitrogens with zero attached hydrogens (tertiary/aromatic N) is 1. The highest BCUT2D eigenvalue weighted by molar-refractivity contribution is 5.97. The SMILES string of the molecule is C#CCOc1ccc(/C=N/NC(=O)C(NC(=O)c2ccc(F)cc2)C(C)C)cc1. The second kappa shape index (κ2) is 10.6. The molecule has 2 aromatic rings. The van der Waals surface area contributed by atoms with Gasteiger partial charge >= 0.3 is 0 Å². The zero-order chi connectivity index (χ0) is 21.2. The van der Waals surface area contributed by atoms with E-state index in [4.69, 9.17) is 11.2 Å². The first-order valence-electron chi connectivity index (χ1n) is 8.96. The number of hydrazone groups is 1. The number of hydrogen-bond acceptors (Lipinski definition) is 4. The van der Waals surface area contributed by atoms with Gasteiger partial charge in [0.1, 0.15) is 24.2 Å². The third kappa shape index (κ3) is 6.78. The van der Waals surface area contributed by atoms with Gasteiger partial charge in [0.2, 0.25) is 0 Å². The number of amides is 2. The molecule has 0 saturated heterocycles. The summed E-state index contributed by atoms with van der Waals surface area (Å²) < 4.78 is 18.3. The van der Waals surface area contributed by atoms with Gasteiger partial charge in [-0.05, 0) is 60.0 Å². The minimum atomic E-state index is -0.802. The monoisotopic (exact) mass is 395 g/mol. The molecule has 6 nitrogen and oxygen atoms in total. The Balaban J connectivity index is 1.95. The molecule has 0 saturated carbocycles. The fraction of sp³-hybridized carbons (Fsp3) is 0.227. The van der Waals surface area contributed by atoms with Crippen LogP contribution in [0, 0.1) is 24.1 Å². The summed E-state index contributed by atoms with van der Waals surface area (Å²) in [6, 6.07) is 11.3. The van der Waals surface area contributed by atoms with E-state index in [1.807, 2.05) is 0 Å². The molecule has 1 unspecified atom stereocenters. The highest BCUT2D eigenvalue weighted by atomic mass is 19.1. The van der Waals surface area contributed by atoms with Gasteiger partial charge in [0.25, 0.3) is 11.8 Å². The standard InChI is InChI=1S/C22H22FN3O3/c1-4-13-29-19-11-5-16(6-12-19)14-24-26-22(28)20(15(2)3)25-21(27)17-7-9-18(23)10-8-17/h1,5-12,14-15,20H,13H2,2-3H3,(H,25,27)(H,26,28)/b24-14+. The minimum Gasteiger partial charge on any atom is -0.481 e. The largest absolute Gasteiger partial charge is 0.481 e. The van der Waals surface area contributed by atoms with Crippen LogP contribution in [0.25, 0.3) is 0 Å². The molecule has 0 bridgehead atoms. The molecule has 0 aliphatic rings. The predicted molar refractivity (Wildman–Crippen MR) is 109 cm³/mol. The van der Waals surface area contributed by atoms with Crippen molar-refractivity contribution in [3.63, 3.8) is 0 Å². The van der Waals surface area contributed by atoms with Crippen molar-refractivity contribution >= 4 is 18.0 Å². The molecule has 7 heteroatoms. The lowest BCUT2D eigenvalue weighted by molar-refractivity contribution is -0.123. The van der Waals surface area contributed by atoms with Gasteiger partial charge in [-0.15, -0.1) is 6.42 Å². The summed E-state index contributed by atoms with van der Waals surface area (Å²) in [5, 5.41) is 6.58. The summed E-state index contributed by atoms with van der Waals surface area (Å²) in [6.07, 6.45) is 6.61. The maximum atomic E-state index is 13.0. The topological polar surface area (TPSA) is 79.8 Å². The zero-order valence-corrected chi connectivity index (χ0v) is 16.2. The molecule has 0 spiro atoms. The highest BCUT2D eigenvalue weighted by Gasteiger charge is 2.24. The normalized spacial score (nSPS) is 11.7. The quantitative estimate of drug-likeness (QED) is 0.410. The average Bonchev–Trinajstić information content (AvgIpc) is 2.71. The van der Waals surface area contributed by atoms with Crippen molar-refractivity contribution in [2.24, 2.45) is 11.0 Å². The third-order valence-electron chi connectivity index (χ3n) is 3.93. The molecule has 2 aromatic carbocycles. The lowest BCUT2D eigenvalue weighted by atomic mass is 10.0. The molecular formula is C22H22FN3O3. The van der Waals surface area contributed by atoms with Gasteiger partial charge in [-0.2, -0.15) is 5.10 Å². The summed E-state index contributed by atoms with van der Waals surface area (Å²) in [7, 11) is 0. The molecule has 0 aromatic heterocycles. The van der Waals surface area contributed by atoms with Crippen LogP contribution in [0.4, 0.5) is 4.39 Å². The Hall–Kier alpha value is -3.66. The van der Waals surface area contributed by atoms with Crippen LogP contribution in [0.3, 0.4) is 0 Å². The van der Waals surface area contributed by atoms with E-state index < -0.39 is 23.7 Å². The Kier molecular flexibility index (Phi) is 7.92. The number of carbonyl (C=O) groups is 2. The molecule has 2 rings (SSSR count). The number of halogens is 1. The molecule has 29 heavy (non-hydrogen) atoms. The van der Waals surface area contributed by atoms with Gasteiger partial charge in [-0.1, -0.05) is 19.8 Å². The first-order chi connectivity index (χ1) is 13.9. The van der Waals surface area contributed by atoms with Crippen molar-refractivity contribution in [3.8, 4) is 18.1 Å². The van der Waals surface area contributed by atoms with Crippen LogP contribution in [0.2, 0.25) is 0 Å². The maximum Gasteiger partial charge on any atom is 0.262 e. The van der Waals surface area contributed by atoms with Gasteiger partial charge in [-0.3, -0.25) is 9.59 Å². The van der Waals surface area contributed by atoms with E-state index in [-0.39, 0.29) is 18.1 Å². The molecule has 2 N–H and O–H groups in total. The Labute approximate surface area is 169 Å². The van der Waals surface area contributed by atoms with E-state index >= 15 is 0 Å². The van der Waals surface area contributed by atoms with Crippen LogP contribution in [0.1, 0.15) is 29.8 Å². The summed E-state index contributed by atoms with van der Waals surface area (Å²) >= 11 is 0. The Morgan fingerprint density at radius 1 is 1.17 bits per heavy atom. The maximum absolute atomic E-state index is 13.0. The molecule has 1 atom stereocenters. The van der Waals surface area contributed by atoms with Crippen molar-refractivity contribution in [3.05, 3.63) is 65.5 Å². The summed E-state index contributed by atoms with van der Waals surface area (Å²) in [4.78, 5) is 24.7. The Morgan fingerprint density at radius 3 is 2.41 bits per heavy atom. The van der Waals surface area contributed by atoms with Gasteiger partial charge in [0, 0.05) is 5.56 Å². The minimum absolute atomic E-state index is 0.179. The van der Waals surface area contributed by atoms with Gasteiger partial charge in [0.15, 0.2) is 0 Å². The van der Waals surface area contributed by atoms with E-state index in [0.717, 1.165) is 5.56 Å². The van der Waals surface area contributed by atoms with E-state index in [0.29, 0.717) is 5.75 Å². The second-order valence-electron chi connectivity index (χ2n) is 6.50. The number of terminal acetylenes is 1. The van der Waals surface area contributed by atoms with E-state index in [2.05, 4.69) is 21.8 Å². The van der Waals surface area contributed by atoms with Crippen LogP contribution < -0.4 is 15.5 Å². The van der Waals surface area contributed by atoms with Crippen molar-refractivity contribution in [1.82, 2.24) is 10.7 Å². The van der Waals surface area contributed by atoms with Crippen molar-refractivity contribution in [1.29, 1.82) is 0 Å². The van der Waals surface area contributed by atoms with Crippen molar-refractivity contribution in [2.45, 2.75) is 19.9 Å². The number of ether oxygens (including phenoxy) is 1. The van der Waals surface area contributed by atoms with Gasteiger partial charge < -0.3 is 10.1 Å². The average molecular weight is 395 g/mol. The molecule has 0 fully saturated rings. The molecule has 0 radical (unpaired) electrons. The predicted octanol–water partition coefficient (Wildman–Crippen LogP) is 2.74. The molecule has 2 amide bonds.